The number of allylic oxidation sites excluding steroid dienone is 1. The van der Waals surface area contributed by atoms with Gasteiger partial charge >= 0.3 is 5.97 Å². The second-order valence-corrected chi connectivity index (χ2v) is 18.5. The Morgan fingerprint density at radius 2 is 1.77 bits per heavy atom. The zero-order valence-corrected chi connectivity index (χ0v) is 33.1. The molecule has 0 aromatic heterocycles. The van der Waals surface area contributed by atoms with Crippen molar-refractivity contribution in [2.45, 2.75) is 106 Å². The number of carbonyl (C=O) groups is 1. The van der Waals surface area contributed by atoms with E-state index in [9.17, 15) is 4.79 Å². The molecular formula is C42H61IO5. The van der Waals surface area contributed by atoms with Crippen LogP contribution in [0.3, 0.4) is 0 Å². The molecule has 4 aliphatic carbocycles. The van der Waals surface area contributed by atoms with Crippen molar-refractivity contribution >= 4 is 28.6 Å². The van der Waals surface area contributed by atoms with E-state index in [1.165, 1.54) is 0 Å². The summed E-state index contributed by atoms with van der Waals surface area (Å²) in [5, 5.41) is 0. The third-order valence-corrected chi connectivity index (χ3v) is 16.3. The molecule has 1 aliphatic heterocycles. The molecule has 6 heteroatoms. The van der Waals surface area contributed by atoms with Crippen LogP contribution in [-0.4, -0.2) is 49.5 Å². The Hall–Kier alpha value is -1.22. The normalized spacial score (nSPS) is 42.5. The van der Waals surface area contributed by atoms with Crippen molar-refractivity contribution in [1.29, 1.82) is 0 Å². The maximum absolute atomic E-state index is 14.7. The van der Waals surface area contributed by atoms with E-state index in [0.717, 1.165) is 60.7 Å². The molecular weight excluding hydrogens is 711 g/mol. The molecule has 1 aromatic rings. The van der Waals surface area contributed by atoms with Gasteiger partial charge in [0.25, 0.3) is 0 Å². The number of halogens is 1. The summed E-state index contributed by atoms with van der Waals surface area (Å²) in [6, 6.07) is 10.2. The molecule has 266 valence electrons. The first-order valence-corrected chi connectivity index (χ1v) is 20.1. The molecule has 0 radical (unpaired) electrons. The molecule has 1 saturated heterocycles. The highest BCUT2D eigenvalue weighted by Crippen LogP contribution is 2.75. The molecule has 0 N–H and O–H groups in total. The highest BCUT2D eigenvalue weighted by molar-refractivity contribution is 14.1. The first-order chi connectivity index (χ1) is 22.7. The second kappa shape index (κ2) is 13.4. The maximum Gasteiger partial charge on any atom is 0.310 e. The maximum atomic E-state index is 14.7. The minimum absolute atomic E-state index is 0.000166. The number of methoxy groups -OCH3 is 1. The van der Waals surface area contributed by atoms with Gasteiger partial charge in [-0.05, 0) is 89.6 Å². The summed E-state index contributed by atoms with van der Waals surface area (Å²) in [5.41, 5.74) is 3.12. The molecule has 0 spiro atoms. The van der Waals surface area contributed by atoms with Gasteiger partial charge in [0.15, 0.2) is 0 Å². The standard InChI is InChI=1S/C42H61IO5/c1-27(2)29(4)38(5)19-20-40(7)31-15-16-34-39(6)25-46-26-42(34,21-33(45-9)36(39)47-23-28(3)22-43)32(31)17-18-41(40,8)35(38)37(44)48-24-30-13-11-10-12-14-30/h10-14,17,27,29,31,33-36H,3,15-16,18-26H2,1-2,4-9H3/t29-,31+,33-,34+,35-,36+,38-,39-,40-,41+,42+/m1/s1. The summed E-state index contributed by atoms with van der Waals surface area (Å²) in [5.74, 6) is 1.54. The number of hydrogen-bond acceptors (Lipinski definition) is 5. The van der Waals surface area contributed by atoms with E-state index in [2.05, 4.69) is 95.8 Å². The number of alkyl halides is 1. The molecule has 1 heterocycles. The number of hydrogen-bond donors (Lipinski definition) is 0. The first kappa shape index (κ1) is 36.6. The summed E-state index contributed by atoms with van der Waals surface area (Å²) < 4.78 is 26.9. The fourth-order valence-corrected chi connectivity index (χ4v) is 12.3. The van der Waals surface area contributed by atoms with Crippen LogP contribution in [0, 0.1) is 56.7 Å². The molecule has 0 unspecified atom stereocenters. The van der Waals surface area contributed by atoms with Crippen LogP contribution in [-0.2, 0) is 30.3 Å². The first-order valence-electron chi connectivity index (χ1n) is 18.6. The zero-order chi connectivity index (χ0) is 34.7. The number of carbonyl (C=O) groups excluding carboxylic acids is 1. The predicted octanol–water partition coefficient (Wildman–Crippen LogP) is 9.63. The van der Waals surface area contributed by atoms with E-state index >= 15 is 0 Å². The molecule has 5 nitrogen and oxygen atoms in total. The third-order valence-electron chi connectivity index (χ3n) is 15.2. The van der Waals surface area contributed by atoms with Gasteiger partial charge in [-0.1, -0.05) is 120 Å². The minimum atomic E-state index is -0.228. The second-order valence-electron chi connectivity index (χ2n) is 17.7. The van der Waals surface area contributed by atoms with Gasteiger partial charge in [-0.2, -0.15) is 0 Å². The number of ether oxygens (including phenoxy) is 4. The molecule has 11 atom stereocenters. The van der Waals surface area contributed by atoms with Crippen LogP contribution < -0.4 is 0 Å². The van der Waals surface area contributed by atoms with Gasteiger partial charge in [0, 0.05) is 22.4 Å². The smallest absolute Gasteiger partial charge is 0.310 e. The van der Waals surface area contributed by atoms with Crippen LogP contribution in [0.1, 0.15) is 92.6 Å². The van der Waals surface area contributed by atoms with E-state index in [1.54, 1.807) is 5.57 Å². The average molecular weight is 773 g/mol. The van der Waals surface area contributed by atoms with Gasteiger partial charge in [-0.3, -0.25) is 4.79 Å². The van der Waals surface area contributed by atoms with Crippen LogP contribution in [0.25, 0.3) is 0 Å². The van der Waals surface area contributed by atoms with Gasteiger partial charge in [0.2, 0.25) is 0 Å². The number of benzene rings is 1. The lowest BCUT2D eigenvalue weighted by atomic mass is 9.34. The van der Waals surface area contributed by atoms with Crippen molar-refractivity contribution in [2.24, 2.45) is 56.7 Å². The molecule has 0 amide bonds. The Morgan fingerprint density at radius 1 is 1.04 bits per heavy atom. The molecule has 3 saturated carbocycles. The summed E-state index contributed by atoms with van der Waals surface area (Å²) in [6.07, 6.45) is 8.84. The fourth-order valence-electron chi connectivity index (χ4n) is 12.1. The molecule has 48 heavy (non-hydrogen) atoms. The van der Waals surface area contributed by atoms with Crippen molar-refractivity contribution in [3.05, 3.63) is 59.7 Å². The van der Waals surface area contributed by atoms with Crippen LogP contribution >= 0.6 is 22.6 Å². The molecule has 6 rings (SSSR count). The summed E-state index contributed by atoms with van der Waals surface area (Å²) >= 11 is 2.37. The average Bonchev–Trinajstić information content (AvgIpc) is 3.06. The lowest BCUT2D eigenvalue weighted by Crippen LogP contribution is -2.70. The van der Waals surface area contributed by atoms with Crippen LogP contribution in [0.15, 0.2) is 54.1 Å². The zero-order valence-electron chi connectivity index (χ0n) is 30.9. The monoisotopic (exact) mass is 772 g/mol. The fraction of sp³-hybridized carbons (Fsp3) is 0.738. The van der Waals surface area contributed by atoms with Gasteiger partial charge in [-0.15, -0.1) is 0 Å². The van der Waals surface area contributed by atoms with Crippen molar-refractivity contribution in [3.63, 3.8) is 0 Å². The van der Waals surface area contributed by atoms with E-state index < -0.39 is 0 Å². The Bertz CT molecular complexity index is 1390. The minimum Gasteiger partial charge on any atom is -0.461 e. The largest absolute Gasteiger partial charge is 0.461 e. The van der Waals surface area contributed by atoms with Gasteiger partial charge in [0.05, 0.1) is 37.9 Å². The van der Waals surface area contributed by atoms with Crippen LogP contribution in [0.2, 0.25) is 0 Å². The van der Waals surface area contributed by atoms with E-state index in [1.807, 2.05) is 25.3 Å². The summed E-state index contributed by atoms with van der Waals surface area (Å²) in [6.45, 7) is 23.4. The Morgan fingerprint density at radius 3 is 2.44 bits per heavy atom. The summed E-state index contributed by atoms with van der Waals surface area (Å²) in [4.78, 5) is 14.7. The summed E-state index contributed by atoms with van der Waals surface area (Å²) in [7, 11) is 1.86. The Labute approximate surface area is 304 Å². The van der Waals surface area contributed by atoms with E-state index in [-0.39, 0.29) is 51.2 Å². The number of esters is 1. The van der Waals surface area contributed by atoms with Crippen molar-refractivity contribution in [2.75, 3.05) is 31.4 Å². The van der Waals surface area contributed by atoms with E-state index in [0.29, 0.717) is 43.5 Å². The highest BCUT2D eigenvalue weighted by Gasteiger charge is 2.72. The van der Waals surface area contributed by atoms with Gasteiger partial charge < -0.3 is 18.9 Å². The quantitative estimate of drug-likeness (QED) is 0.103. The van der Waals surface area contributed by atoms with Crippen LogP contribution in [0.4, 0.5) is 0 Å². The lowest BCUT2D eigenvalue weighted by molar-refractivity contribution is -0.265. The SMILES string of the molecule is C=C(CI)CO[C@H]1[C@H](OC)C[C@@]23COC[C@]1(C)[C@@H]2CC[C@H]1C3=CC[C@@]2(C)[C@H](C(=O)OCc3ccccc3)[C@@](C)([C@H](C)C(C)C)CC[C@]12C. The molecule has 4 fully saturated rings. The predicted molar refractivity (Wildman–Crippen MR) is 201 cm³/mol. The van der Waals surface area contributed by atoms with Gasteiger partial charge in [0.1, 0.15) is 6.61 Å². The van der Waals surface area contributed by atoms with Crippen molar-refractivity contribution in [1.82, 2.24) is 0 Å². The lowest BCUT2D eigenvalue weighted by Gasteiger charge is -2.71. The number of fused-ring (bicyclic) bond motifs is 3. The third kappa shape index (κ3) is 5.51. The highest BCUT2D eigenvalue weighted by atomic mass is 127. The topological polar surface area (TPSA) is 54.0 Å². The molecule has 1 aromatic carbocycles. The number of rotatable bonds is 10. The Balaban J connectivity index is 1.39. The van der Waals surface area contributed by atoms with Gasteiger partial charge in [-0.25, -0.2) is 0 Å². The van der Waals surface area contributed by atoms with E-state index in [4.69, 9.17) is 18.9 Å². The Kier molecular flexibility index (Phi) is 10.2. The molecule has 5 aliphatic rings. The van der Waals surface area contributed by atoms with Crippen LogP contribution in [0.5, 0.6) is 0 Å². The van der Waals surface area contributed by atoms with Crippen molar-refractivity contribution < 1.29 is 23.7 Å². The molecule has 2 bridgehead atoms. The van der Waals surface area contributed by atoms with Crippen molar-refractivity contribution in [3.8, 4) is 0 Å².